The molecule has 1 aromatic carbocycles. The zero-order chi connectivity index (χ0) is 14.9. The van der Waals surface area contributed by atoms with Gasteiger partial charge in [-0.15, -0.1) is 0 Å². The van der Waals surface area contributed by atoms with Crippen molar-refractivity contribution in [1.82, 2.24) is 0 Å². The van der Waals surface area contributed by atoms with Crippen LogP contribution in [0.5, 0.6) is 11.5 Å². The van der Waals surface area contributed by atoms with Gasteiger partial charge < -0.3 is 19.3 Å². The van der Waals surface area contributed by atoms with E-state index in [1.165, 1.54) is 7.11 Å². The molecule has 0 fully saturated rings. The standard InChI is InChI=1S/C15H20O5/c1-9-5-11-12(20-8-15(2,3)7-19-11)6-10(9)13(16)14(17)18-4/h5-6,13,16H,7-8H2,1-4H3. The lowest BCUT2D eigenvalue weighted by molar-refractivity contribution is -0.150. The Morgan fingerprint density at radius 1 is 1.30 bits per heavy atom. The van der Waals surface area contributed by atoms with E-state index in [4.69, 9.17) is 9.47 Å². The lowest BCUT2D eigenvalue weighted by atomic mass is 9.97. The minimum atomic E-state index is -1.31. The molecule has 2 rings (SSSR count). The fourth-order valence-electron chi connectivity index (χ4n) is 2.02. The highest BCUT2D eigenvalue weighted by Crippen LogP contribution is 2.37. The van der Waals surface area contributed by atoms with Crippen molar-refractivity contribution in [1.29, 1.82) is 0 Å². The molecule has 1 heterocycles. The van der Waals surface area contributed by atoms with Crippen LogP contribution in [0.4, 0.5) is 0 Å². The second kappa shape index (κ2) is 5.32. The first kappa shape index (κ1) is 14.7. The minimum absolute atomic E-state index is 0.0892. The maximum absolute atomic E-state index is 11.5. The summed E-state index contributed by atoms with van der Waals surface area (Å²) >= 11 is 0. The highest BCUT2D eigenvalue weighted by Gasteiger charge is 2.28. The van der Waals surface area contributed by atoms with E-state index >= 15 is 0 Å². The number of carbonyl (C=O) groups is 1. The average Bonchev–Trinajstić information content (AvgIpc) is 2.55. The summed E-state index contributed by atoms with van der Waals surface area (Å²) in [6.07, 6.45) is -1.31. The van der Waals surface area contributed by atoms with Crippen molar-refractivity contribution >= 4 is 5.97 Å². The van der Waals surface area contributed by atoms with Crippen molar-refractivity contribution in [3.05, 3.63) is 23.3 Å². The van der Waals surface area contributed by atoms with Crippen LogP contribution >= 0.6 is 0 Å². The maximum atomic E-state index is 11.5. The molecule has 0 aliphatic carbocycles. The normalized spacial score (nSPS) is 18.1. The van der Waals surface area contributed by atoms with Crippen molar-refractivity contribution in [2.24, 2.45) is 5.41 Å². The van der Waals surface area contributed by atoms with Gasteiger partial charge in [0.2, 0.25) is 0 Å². The summed E-state index contributed by atoms with van der Waals surface area (Å²) < 4.78 is 16.0. The van der Waals surface area contributed by atoms with Gasteiger partial charge in [-0.25, -0.2) is 4.79 Å². The summed E-state index contributed by atoms with van der Waals surface area (Å²) in [7, 11) is 1.24. The van der Waals surface area contributed by atoms with Gasteiger partial charge in [-0.3, -0.25) is 0 Å². The highest BCUT2D eigenvalue weighted by molar-refractivity contribution is 5.77. The predicted molar refractivity (Wildman–Crippen MR) is 72.9 cm³/mol. The zero-order valence-corrected chi connectivity index (χ0v) is 12.2. The Morgan fingerprint density at radius 2 is 1.85 bits per heavy atom. The van der Waals surface area contributed by atoms with E-state index < -0.39 is 12.1 Å². The molecule has 1 aliphatic heterocycles. The van der Waals surface area contributed by atoms with Crippen LogP contribution < -0.4 is 9.47 Å². The summed E-state index contributed by atoms with van der Waals surface area (Å²) in [5.41, 5.74) is 1.14. The van der Waals surface area contributed by atoms with Crippen LogP contribution in [0.3, 0.4) is 0 Å². The van der Waals surface area contributed by atoms with Gasteiger partial charge in [0.1, 0.15) is 0 Å². The van der Waals surface area contributed by atoms with Crippen LogP contribution in [-0.2, 0) is 9.53 Å². The Labute approximate surface area is 118 Å². The predicted octanol–water partition coefficient (Wildman–Crippen LogP) is 2.00. The van der Waals surface area contributed by atoms with Gasteiger partial charge >= 0.3 is 5.97 Å². The smallest absolute Gasteiger partial charge is 0.339 e. The third-order valence-corrected chi connectivity index (χ3v) is 3.29. The lowest BCUT2D eigenvalue weighted by Crippen LogP contribution is -2.26. The van der Waals surface area contributed by atoms with Gasteiger partial charge in [-0.05, 0) is 30.2 Å². The van der Waals surface area contributed by atoms with Gasteiger partial charge in [-0.1, -0.05) is 13.8 Å². The van der Waals surface area contributed by atoms with Crippen molar-refractivity contribution < 1.29 is 24.1 Å². The molecule has 1 N–H and O–H groups in total. The molecule has 0 spiro atoms. The second-order valence-electron chi connectivity index (χ2n) is 5.82. The average molecular weight is 280 g/mol. The van der Waals surface area contributed by atoms with Gasteiger partial charge in [0.05, 0.1) is 20.3 Å². The number of aryl methyl sites for hydroxylation is 1. The fraction of sp³-hybridized carbons (Fsp3) is 0.533. The maximum Gasteiger partial charge on any atom is 0.339 e. The Bertz CT molecular complexity index is 521. The van der Waals surface area contributed by atoms with E-state index in [0.29, 0.717) is 30.3 Å². The number of aliphatic hydroxyl groups excluding tert-OH is 1. The number of carbonyl (C=O) groups excluding carboxylic acids is 1. The molecule has 1 atom stereocenters. The SMILES string of the molecule is COC(=O)C(O)c1cc2c(cc1C)OCC(C)(C)CO2. The van der Waals surface area contributed by atoms with Crippen molar-refractivity contribution in [3.63, 3.8) is 0 Å². The Hall–Kier alpha value is -1.75. The van der Waals surface area contributed by atoms with Gasteiger partial charge in [0, 0.05) is 5.41 Å². The topological polar surface area (TPSA) is 65.0 Å². The van der Waals surface area contributed by atoms with Crippen LogP contribution in [0.2, 0.25) is 0 Å². The van der Waals surface area contributed by atoms with Crippen LogP contribution in [0, 0.1) is 12.3 Å². The van der Waals surface area contributed by atoms with E-state index in [2.05, 4.69) is 18.6 Å². The van der Waals surface area contributed by atoms with Crippen LogP contribution in [0.15, 0.2) is 12.1 Å². The van der Waals surface area contributed by atoms with Crippen LogP contribution in [0.1, 0.15) is 31.1 Å². The lowest BCUT2D eigenvalue weighted by Gasteiger charge is -2.19. The van der Waals surface area contributed by atoms with Crippen LogP contribution in [-0.4, -0.2) is 31.4 Å². The third kappa shape index (κ3) is 2.88. The molecule has 0 saturated heterocycles. The molecule has 5 nitrogen and oxygen atoms in total. The highest BCUT2D eigenvalue weighted by atomic mass is 16.5. The molecule has 0 bridgehead atoms. The number of fused-ring (bicyclic) bond motifs is 1. The van der Waals surface area contributed by atoms with E-state index in [1.807, 2.05) is 0 Å². The molecule has 0 radical (unpaired) electrons. The first-order valence-electron chi connectivity index (χ1n) is 6.50. The first-order valence-corrected chi connectivity index (χ1v) is 6.50. The molecule has 1 unspecified atom stereocenters. The van der Waals surface area contributed by atoms with Crippen molar-refractivity contribution in [3.8, 4) is 11.5 Å². The Morgan fingerprint density at radius 3 is 2.40 bits per heavy atom. The van der Waals surface area contributed by atoms with Crippen molar-refractivity contribution in [2.75, 3.05) is 20.3 Å². The largest absolute Gasteiger partial charge is 0.489 e. The quantitative estimate of drug-likeness (QED) is 0.839. The molecule has 0 amide bonds. The molecule has 5 heteroatoms. The van der Waals surface area contributed by atoms with E-state index in [9.17, 15) is 9.90 Å². The zero-order valence-electron chi connectivity index (χ0n) is 12.2. The fourth-order valence-corrected chi connectivity index (χ4v) is 2.02. The molecular weight excluding hydrogens is 260 g/mol. The second-order valence-corrected chi connectivity index (χ2v) is 5.82. The minimum Gasteiger partial charge on any atom is -0.489 e. The number of rotatable bonds is 2. The molecule has 110 valence electrons. The van der Waals surface area contributed by atoms with Crippen LogP contribution in [0.25, 0.3) is 0 Å². The number of methoxy groups -OCH3 is 1. The van der Waals surface area contributed by atoms with Gasteiger partial charge in [0.15, 0.2) is 17.6 Å². The monoisotopic (exact) mass is 280 g/mol. The molecule has 0 aromatic heterocycles. The third-order valence-electron chi connectivity index (χ3n) is 3.29. The number of hydrogen-bond acceptors (Lipinski definition) is 5. The molecule has 1 aliphatic rings. The summed E-state index contributed by atoms with van der Waals surface area (Å²) in [6, 6.07) is 3.42. The Kier molecular flexibility index (Phi) is 3.90. The number of ether oxygens (including phenoxy) is 3. The number of esters is 1. The van der Waals surface area contributed by atoms with E-state index in [-0.39, 0.29) is 5.41 Å². The Balaban J connectivity index is 2.36. The number of aliphatic hydroxyl groups is 1. The van der Waals surface area contributed by atoms with E-state index in [1.54, 1.807) is 19.1 Å². The van der Waals surface area contributed by atoms with Crippen molar-refractivity contribution in [2.45, 2.75) is 26.9 Å². The molecule has 1 aromatic rings. The summed E-state index contributed by atoms with van der Waals surface area (Å²) in [5, 5.41) is 9.97. The summed E-state index contributed by atoms with van der Waals surface area (Å²) in [4.78, 5) is 11.5. The molecular formula is C15H20O5. The number of benzene rings is 1. The van der Waals surface area contributed by atoms with Gasteiger partial charge in [0.25, 0.3) is 0 Å². The molecule has 20 heavy (non-hydrogen) atoms. The number of hydrogen-bond donors (Lipinski definition) is 1. The summed E-state index contributed by atoms with van der Waals surface area (Å²) in [5.74, 6) is 0.482. The van der Waals surface area contributed by atoms with E-state index in [0.717, 1.165) is 5.56 Å². The van der Waals surface area contributed by atoms with Gasteiger partial charge in [-0.2, -0.15) is 0 Å². The molecule has 0 saturated carbocycles. The first-order chi connectivity index (χ1) is 9.34. The summed E-state index contributed by atoms with van der Waals surface area (Å²) in [6.45, 7) is 6.97.